The summed E-state index contributed by atoms with van der Waals surface area (Å²) < 4.78 is 25.9. The Bertz CT molecular complexity index is 1670. The van der Waals surface area contributed by atoms with E-state index in [9.17, 15) is 9.18 Å². The maximum absolute atomic E-state index is 13.9. The third-order valence-electron chi connectivity index (χ3n) is 7.28. The Balaban J connectivity index is 0.00000141. The van der Waals surface area contributed by atoms with Crippen molar-refractivity contribution in [3.05, 3.63) is 76.8 Å². The standard InChI is InChI=1S/C30H32ClFN6O3.CH2O2/c1-17-11-22(41-16-28(39)40-2)8-9-23(17)18-12-27-29(36-21-6-4-20(33)5-7-21)24(14-35-38(27)15-18)30(34)37-26-13-19(32)3-10-25(26)31;2-1-3/h3,8-15,20-21,36H,4-7,16,33H2,1-2H3,(H2,34,37);1H,(H,2,3). The van der Waals surface area contributed by atoms with Gasteiger partial charge in [-0.3, -0.25) is 4.79 Å². The molecule has 2 heterocycles. The first-order valence-corrected chi connectivity index (χ1v) is 14.2. The van der Waals surface area contributed by atoms with Crippen LogP contribution in [0.2, 0.25) is 5.02 Å². The van der Waals surface area contributed by atoms with E-state index in [-0.39, 0.29) is 36.7 Å². The second-order valence-corrected chi connectivity index (χ2v) is 10.7. The average Bonchev–Trinajstić information content (AvgIpc) is 3.44. The summed E-state index contributed by atoms with van der Waals surface area (Å²) in [7, 11) is 1.32. The van der Waals surface area contributed by atoms with E-state index in [1.54, 1.807) is 10.7 Å². The van der Waals surface area contributed by atoms with Crippen LogP contribution >= 0.6 is 11.6 Å². The van der Waals surface area contributed by atoms with Crippen molar-refractivity contribution in [1.29, 1.82) is 0 Å². The number of nitrogens with one attached hydrogen (secondary N) is 1. The number of rotatable bonds is 8. The number of hydrogen-bond acceptors (Lipinski definition) is 8. The molecule has 4 aromatic rings. The summed E-state index contributed by atoms with van der Waals surface area (Å²) in [6.07, 6.45) is 7.27. The molecule has 0 spiro atoms. The van der Waals surface area contributed by atoms with Gasteiger partial charge in [0.2, 0.25) is 0 Å². The topological polar surface area (TPSA) is 167 Å². The first-order chi connectivity index (χ1) is 21.1. The fraction of sp³-hybridized carbons (Fsp3) is 0.290. The summed E-state index contributed by atoms with van der Waals surface area (Å²) in [5.41, 5.74) is 17.9. The molecule has 1 fully saturated rings. The lowest BCUT2D eigenvalue weighted by atomic mass is 9.91. The number of aromatic nitrogens is 2. The lowest BCUT2D eigenvalue weighted by Crippen LogP contribution is -2.33. The Hall–Kier alpha value is -4.68. The molecule has 2 aromatic carbocycles. The molecule has 44 heavy (non-hydrogen) atoms. The van der Waals surface area contributed by atoms with Gasteiger partial charge in [0.1, 0.15) is 17.4 Å². The third kappa shape index (κ3) is 7.82. The predicted molar refractivity (Wildman–Crippen MR) is 167 cm³/mol. The van der Waals surface area contributed by atoms with Gasteiger partial charge in [-0.2, -0.15) is 5.10 Å². The predicted octanol–water partition coefficient (Wildman–Crippen LogP) is 5.07. The van der Waals surface area contributed by atoms with Crippen molar-refractivity contribution < 1.29 is 28.6 Å². The Labute approximate surface area is 258 Å². The number of benzene rings is 2. The van der Waals surface area contributed by atoms with Crippen LogP contribution in [0.3, 0.4) is 0 Å². The van der Waals surface area contributed by atoms with Crippen molar-refractivity contribution in [3.63, 3.8) is 0 Å². The maximum Gasteiger partial charge on any atom is 0.343 e. The van der Waals surface area contributed by atoms with Crippen molar-refractivity contribution in [1.82, 2.24) is 9.61 Å². The van der Waals surface area contributed by atoms with E-state index in [1.807, 2.05) is 37.4 Å². The first kappa shape index (κ1) is 32.2. The molecule has 0 amide bonds. The van der Waals surface area contributed by atoms with E-state index in [4.69, 9.17) is 37.7 Å². The number of aryl methyl sites for hydroxylation is 1. The van der Waals surface area contributed by atoms with E-state index >= 15 is 0 Å². The van der Waals surface area contributed by atoms with Crippen molar-refractivity contribution in [2.24, 2.45) is 16.5 Å². The minimum Gasteiger partial charge on any atom is -0.483 e. The van der Waals surface area contributed by atoms with Crippen LogP contribution in [-0.2, 0) is 14.3 Å². The fourth-order valence-corrected chi connectivity index (χ4v) is 5.19. The lowest BCUT2D eigenvalue weighted by Gasteiger charge is -2.28. The summed E-state index contributed by atoms with van der Waals surface area (Å²) in [4.78, 5) is 24.3. The highest BCUT2D eigenvalue weighted by Crippen LogP contribution is 2.34. The first-order valence-electron chi connectivity index (χ1n) is 13.8. The minimum absolute atomic E-state index is 0.161. The highest BCUT2D eigenvalue weighted by atomic mass is 35.5. The van der Waals surface area contributed by atoms with Gasteiger partial charge < -0.3 is 31.4 Å². The molecule has 232 valence electrons. The number of ether oxygens (including phenoxy) is 2. The van der Waals surface area contributed by atoms with Crippen molar-refractivity contribution in [2.75, 3.05) is 19.0 Å². The molecule has 0 radical (unpaired) electrons. The maximum atomic E-state index is 13.9. The Kier molecular flexibility index (Phi) is 10.7. The van der Waals surface area contributed by atoms with Crippen molar-refractivity contribution in [3.8, 4) is 16.9 Å². The zero-order valence-corrected chi connectivity index (χ0v) is 25.1. The number of carboxylic acid groups (broad SMARTS) is 1. The van der Waals surface area contributed by atoms with Crippen LogP contribution in [0.4, 0.5) is 15.8 Å². The van der Waals surface area contributed by atoms with Crippen LogP contribution in [0, 0.1) is 12.7 Å². The van der Waals surface area contributed by atoms with Gasteiger partial charge >= 0.3 is 5.97 Å². The molecule has 11 nitrogen and oxygen atoms in total. The van der Waals surface area contributed by atoms with E-state index in [2.05, 4.69) is 20.1 Å². The minimum atomic E-state index is -0.459. The number of carbonyl (C=O) groups excluding carboxylic acids is 1. The largest absolute Gasteiger partial charge is 0.483 e. The van der Waals surface area contributed by atoms with Gasteiger partial charge in [0.25, 0.3) is 6.47 Å². The number of fused-ring (bicyclic) bond motifs is 1. The molecule has 1 saturated carbocycles. The monoisotopic (exact) mass is 624 g/mol. The molecule has 0 saturated heterocycles. The van der Waals surface area contributed by atoms with Gasteiger partial charge in [-0.25, -0.2) is 18.7 Å². The number of hydrogen-bond donors (Lipinski definition) is 4. The smallest absolute Gasteiger partial charge is 0.343 e. The van der Waals surface area contributed by atoms with Gasteiger partial charge in [-0.1, -0.05) is 17.7 Å². The van der Waals surface area contributed by atoms with Crippen LogP contribution in [-0.4, -0.2) is 58.8 Å². The summed E-state index contributed by atoms with van der Waals surface area (Å²) in [6.45, 7) is 1.56. The number of amidine groups is 1. The molecule has 2 aromatic heterocycles. The Morgan fingerprint density at radius 3 is 2.64 bits per heavy atom. The van der Waals surface area contributed by atoms with Crippen LogP contribution < -0.4 is 21.5 Å². The number of carbonyl (C=O) groups is 2. The SMILES string of the molecule is COC(=O)COc1ccc(-c2cc3c(NC4CCC(N)CC4)c(C(N)=Nc4cc(F)ccc4Cl)cnn3c2)c(C)c1.O=CO. The second kappa shape index (κ2) is 14.7. The number of anilines is 1. The molecule has 0 atom stereocenters. The summed E-state index contributed by atoms with van der Waals surface area (Å²) >= 11 is 6.26. The molecule has 0 unspecified atom stereocenters. The molecule has 0 aliphatic heterocycles. The number of aliphatic imine (C=N–C) groups is 1. The van der Waals surface area contributed by atoms with E-state index in [0.717, 1.165) is 53.6 Å². The molecule has 5 rings (SSSR count). The van der Waals surface area contributed by atoms with Gasteiger partial charge in [-0.05, 0) is 74.1 Å². The summed E-state index contributed by atoms with van der Waals surface area (Å²) in [6, 6.07) is 12.0. The number of methoxy groups -OCH3 is 1. The van der Waals surface area contributed by atoms with Crippen molar-refractivity contribution in [2.45, 2.75) is 44.7 Å². The number of nitrogens with two attached hydrogens (primary N) is 2. The third-order valence-corrected chi connectivity index (χ3v) is 7.60. The highest BCUT2D eigenvalue weighted by Gasteiger charge is 2.22. The van der Waals surface area contributed by atoms with E-state index in [1.165, 1.54) is 25.3 Å². The fourth-order valence-electron chi connectivity index (χ4n) is 5.03. The number of halogens is 2. The van der Waals surface area contributed by atoms with Crippen LogP contribution in [0.5, 0.6) is 5.75 Å². The zero-order chi connectivity index (χ0) is 31.8. The molecule has 13 heteroatoms. The van der Waals surface area contributed by atoms with Crippen LogP contribution in [0.1, 0.15) is 36.8 Å². The van der Waals surface area contributed by atoms with Crippen LogP contribution in [0.25, 0.3) is 16.6 Å². The van der Waals surface area contributed by atoms with E-state index < -0.39 is 11.8 Å². The molecule has 0 bridgehead atoms. The quantitative estimate of drug-likeness (QED) is 0.0905. The van der Waals surface area contributed by atoms with Crippen molar-refractivity contribution >= 4 is 46.8 Å². The molecular formula is C31H34ClFN6O5. The zero-order valence-electron chi connectivity index (χ0n) is 24.3. The Morgan fingerprint density at radius 2 is 1.95 bits per heavy atom. The summed E-state index contributed by atoms with van der Waals surface area (Å²) in [5, 5.41) is 15.5. The molecule has 1 aliphatic carbocycles. The molecule has 6 N–H and O–H groups in total. The van der Waals surface area contributed by atoms with Gasteiger partial charge in [-0.15, -0.1) is 0 Å². The summed E-state index contributed by atoms with van der Waals surface area (Å²) in [5.74, 6) is -0.179. The van der Waals surface area contributed by atoms with Gasteiger partial charge in [0, 0.05) is 29.9 Å². The lowest BCUT2D eigenvalue weighted by molar-refractivity contribution is -0.142. The number of nitrogens with zero attached hydrogens (tertiary/aromatic N) is 3. The normalized spacial score (nSPS) is 16.5. The number of esters is 1. The Morgan fingerprint density at radius 1 is 1.23 bits per heavy atom. The average molecular weight is 625 g/mol. The van der Waals surface area contributed by atoms with Gasteiger partial charge in [0.15, 0.2) is 6.61 Å². The van der Waals surface area contributed by atoms with E-state index in [0.29, 0.717) is 16.3 Å². The second-order valence-electron chi connectivity index (χ2n) is 10.3. The molecule has 1 aliphatic rings. The van der Waals surface area contributed by atoms with Gasteiger partial charge in [0.05, 0.1) is 40.8 Å². The van der Waals surface area contributed by atoms with Crippen LogP contribution in [0.15, 0.2) is 59.9 Å². The highest BCUT2D eigenvalue weighted by molar-refractivity contribution is 6.33. The molecular weight excluding hydrogens is 591 g/mol.